The van der Waals surface area contributed by atoms with Crippen molar-refractivity contribution in [3.63, 3.8) is 0 Å². The van der Waals surface area contributed by atoms with Crippen LogP contribution in [-0.4, -0.2) is 37.9 Å². The largest absolute Gasteiger partial charge is 0.573 e. The number of benzene rings is 1. The van der Waals surface area contributed by atoms with Crippen LogP contribution in [0.2, 0.25) is 0 Å². The number of likely N-dealkylation sites (tertiary alicyclic amines) is 1. The molecule has 1 aromatic rings. The monoisotopic (exact) mass is 416 g/mol. The zero-order valence-corrected chi connectivity index (χ0v) is 15.2. The van der Waals surface area contributed by atoms with Crippen molar-refractivity contribution in [1.82, 2.24) is 10.2 Å². The Kier molecular flexibility index (Phi) is 8.13. The highest BCUT2D eigenvalue weighted by molar-refractivity contribution is 9.10. The van der Waals surface area contributed by atoms with Gasteiger partial charge in [0.15, 0.2) is 0 Å². The fraction of sp³-hybridized carbons (Fsp3) is 0.600. The molecule has 3 nitrogen and oxygen atoms in total. The molecule has 2 rings (SSSR count). The van der Waals surface area contributed by atoms with Crippen molar-refractivity contribution in [2.24, 2.45) is 5.92 Å². The van der Waals surface area contributed by atoms with E-state index in [1.54, 1.807) is 12.1 Å². The molecule has 0 saturated carbocycles. The minimum absolute atomic E-state index is 0. The smallest absolute Gasteiger partial charge is 0.405 e. The SMILES string of the molecule is CNCC1CCCN(Cc2ccc(OC(F)(F)F)c(Br)c2)C1.Cl. The predicted molar refractivity (Wildman–Crippen MR) is 90.0 cm³/mol. The molecule has 0 amide bonds. The lowest BCUT2D eigenvalue weighted by molar-refractivity contribution is -0.274. The normalized spacial score (nSPS) is 19.3. The molecule has 1 saturated heterocycles. The third-order valence-electron chi connectivity index (χ3n) is 3.72. The van der Waals surface area contributed by atoms with Crippen LogP contribution in [0.25, 0.3) is 0 Å². The second-order valence-corrected chi connectivity index (χ2v) is 6.47. The Balaban J connectivity index is 0.00000264. The van der Waals surface area contributed by atoms with Crippen LogP contribution in [0.15, 0.2) is 22.7 Å². The van der Waals surface area contributed by atoms with E-state index in [0.717, 1.165) is 38.2 Å². The maximum Gasteiger partial charge on any atom is 0.573 e. The molecular weight excluding hydrogens is 397 g/mol. The number of hydrogen-bond acceptors (Lipinski definition) is 3. The van der Waals surface area contributed by atoms with E-state index in [0.29, 0.717) is 10.4 Å². The highest BCUT2D eigenvalue weighted by atomic mass is 79.9. The molecule has 0 radical (unpaired) electrons. The highest BCUT2D eigenvalue weighted by Gasteiger charge is 2.32. The Labute approximate surface area is 149 Å². The fourth-order valence-electron chi connectivity index (χ4n) is 2.86. The molecule has 8 heteroatoms. The third kappa shape index (κ3) is 6.87. The zero-order valence-electron chi connectivity index (χ0n) is 12.8. The summed E-state index contributed by atoms with van der Waals surface area (Å²) in [5.74, 6) is 0.429. The summed E-state index contributed by atoms with van der Waals surface area (Å²) in [6.07, 6.45) is -2.29. The molecule has 132 valence electrons. The number of rotatable bonds is 5. The molecule has 0 aliphatic carbocycles. The van der Waals surface area contributed by atoms with E-state index < -0.39 is 6.36 Å². The second-order valence-electron chi connectivity index (χ2n) is 5.61. The molecule has 1 aliphatic rings. The third-order valence-corrected chi connectivity index (χ3v) is 4.34. The summed E-state index contributed by atoms with van der Waals surface area (Å²) < 4.78 is 41.0. The molecule has 0 aromatic heterocycles. The van der Waals surface area contributed by atoms with E-state index in [1.165, 1.54) is 12.5 Å². The van der Waals surface area contributed by atoms with Crippen LogP contribution < -0.4 is 10.1 Å². The van der Waals surface area contributed by atoms with Crippen LogP contribution in [0.5, 0.6) is 5.75 Å². The summed E-state index contributed by atoms with van der Waals surface area (Å²) in [4.78, 5) is 2.34. The van der Waals surface area contributed by atoms with Crippen molar-refractivity contribution in [2.75, 3.05) is 26.7 Å². The average molecular weight is 418 g/mol. The van der Waals surface area contributed by atoms with Gasteiger partial charge in [0, 0.05) is 13.1 Å². The van der Waals surface area contributed by atoms with Crippen molar-refractivity contribution in [3.8, 4) is 5.75 Å². The Bertz CT molecular complexity index is 500. The summed E-state index contributed by atoms with van der Waals surface area (Å²) in [7, 11) is 1.95. The van der Waals surface area contributed by atoms with Crippen molar-refractivity contribution in [2.45, 2.75) is 25.7 Å². The average Bonchev–Trinajstić information content (AvgIpc) is 2.41. The van der Waals surface area contributed by atoms with Gasteiger partial charge < -0.3 is 10.1 Å². The number of ether oxygens (including phenoxy) is 1. The zero-order chi connectivity index (χ0) is 16.2. The van der Waals surface area contributed by atoms with Gasteiger partial charge >= 0.3 is 6.36 Å². The maximum absolute atomic E-state index is 12.3. The van der Waals surface area contributed by atoms with Crippen molar-refractivity contribution < 1.29 is 17.9 Å². The number of hydrogen-bond donors (Lipinski definition) is 1. The Morgan fingerprint density at radius 2 is 2.13 bits per heavy atom. The lowest BCUT2D eigenvalue weighted by Crippen LogP contribution is -2.38. The van der Waals surface area contributed by atoms with Crippen LogP contribution >= 0.6 is 28.3 Å². The van der Waals surface area contributed by atoms with Gasteiger partial charge in [0.25, 0.3) is 0 Å². The first-order valence-corrected chi connectivity index (χ1v) is 8.08. The molecule has 1 atom stereocenters. The molecule has 1 unspecified atom stereocenters. The van der Waals surface area contributed by atoms with Gasteiger partial charge in [-0.25, -0.2) is 0 Å². The molecule has 0 bridgehead atoms. The molecule has 1 heterocycles. The Hall–Kier alpha value is -0.500. The molecule has 1 aliphatic heterocycles. The van der Waals surface area contributed by atoms with Crippen LogP contribution in [-0.2, 0) is 6.54 Å². The molecule has 1 aromatic carbocycles. The quantitative estimate of drug-likeness (QED) is 0.777. The number of halogens is 5. The maximum atomic E-state index is 12.3. The summed E-state index contributed by atoms with van der Waals surface area (Å²) in [6.45, 7) is 3.78. The highest BCUT2D eigenvalue weighted by Crippen LogP contribution is 2.31. The summed E-state index contributed by atoms with van der Waals surface area (Å²) in [6, 6.07) is 4.75. The van der Waals surface area contributed by atoms with E-state index in [-0.39, 0.29) is 18.2 Å². The topological polar surface area (TPSA) is 24.5 Å². The Morgan fingerprint density at radius 1 is 1.39 bits per heavy atom. The minimum atomic E-state index is -4.67. The predicted octanol–water partition coefficient (Wildman–Crippen LogP) is 4.20. The number of piperidine rings is 1. The van der Waals surface area contributed by atoms with Crippen LogP contribution in [0, 0.1) is 5.92 Å². The van der Waals surface area contributed by atoms with Crippen LogP contribution in [0.4, 0.5) is 13.2 Å². The van der Waals surface area contributed by atoms with Gasteiger partial charge in [-0.2, -0.15) is 0 Å². The lowest BCUT2D eigenvalue weighted by atomic mass is 9.97. The minimum Gasteiger partial charge on any atom is -0.405 e. The molecule has 23 heavy (non-hydrogen) atoms. The first kappa shape index (κ1) is 20.5. The van der Waals surface area contributed by atoms with Gasteiger partial charge in [-0.15, -0.1) is 25.6 Å². The van der Waals surface area contributed by atoms with E-state index >= 15 is 0 Å². The number of nitrogens with zero attached hydrogens (tertiary/aromatic N) is 1. The first-order valence-electron chi connectivity index (χ1n) is 7.28. The van der Waals surface area contributed by atoms with Gasteiger partial charge in [0.2, 0.25) is 0 Å². The standard InChI is InChI=1S/C15H20BrF3N2O.ClH/c1-20-8-12-3-2-6-21(10-12)9-11-4-5-14(13(16)7-11)22-15(17,18)19;/h4-5,7,12,20H,2-3,6,8-10H2,1H3;1H. The van der Waals surface area contributed by atoms with Crippen molar-refractivity contribution >= 4 is 28.3 Å². The molecule has 1 N–H and O–H groups in total. The first-order chi connectivity index (χ1) is 10.4. The van der Waals surface area contributed by atoms with Gasteiger partial charge in [-0.3, -0.25) is 4.90 Å². The second kappa shape index (κ2) is 9.11. The lowest BCUT2D eigenvalue weighted by Gasteiger charge is -2.32. The summed E-state index contributed by atoms with van der Waals surface area (Å²) in [5, 5.41) is 3.20. The van der Waals surface area contributed by atoms with Crippen LogP contribution in [0.1, 0.15) is 18.4 Å². The Morgan fingerprint density at radius 3 is 2.74 bits per heavy atom. The molecular formula is C15H21BrClF3N2O. The van der Waals surface area contributed by atoms with Gasteiger partial charge in [0.05, 0.1) is 4.47 Å². The van der Waals surface area contributed by atoms with Gasteiger partial charge in [0.1, 0.15) is 5.75 Å². The van der Waals surface area contributed by atoms with E-state index in [9.17, 15) is 13.2 Å². The van der Waals surface area contributed by atoms with E-state index in [2.05, 4.69) is 30.9 Å². The van der Waals surface area contributed by atoms with Crippen molar-refractivity contribution in [1.29, 1.82) is 0 Å². The van der Waals surface area contributed by atoms with E-state index in [1.807, 2.05) is 7.05 Å². The fourth-order valence-corrected chi connectivity index (χ4v) is 3.37. The van der Waals surface area contributed by atoms with E-state index in [4.69, 9.17) is 0 Å². The number of nitrogens with one attached hydrogen (secondary N) is 1. The van der Waals surface area contributed by atoms with Gasteiger partial charge in [-0.1, -0.05) is 6.07 Å². The van der Waals surface area contributed by atoms with Crippen molar-refractivity contribution in [3.05, 3.63) is 28.2 Å². The number of alkyl halides is 3. The van der Waals surface area contributed by atoms with Gasteiger partial charge in [-0.05, 0) is 72.5 Å². The summed E-state index contributed by atoms with van der Waals surface area (Å²) in [5.41, 5.74) is 0.978. The van der Waals surface area contributed by atoms with Crippen LogP contribution in [0.3, 0.4) is 0 Å². The molecule has 0 spiro atoms. The summed E-state index contributed by atoms with van der Waals surface area (Å²) >= 11 is 3.15. The molecule has 1 fully saturated rings.